The molecule has 0 aromatic rings. The van der Waals surface area contributed by atoms with Crippen molar-refractivity contribution in [3.8, 4) is 0 Å². The van der Waals surface area contributed by atoms with Crippen LogP contribution in [0, 0.1) is 34.0 Å². The Morgan fingerprint density at radius 2 is 1.71 bits per heavy atom. The average molecular weight is 395 g/mol. The Morgan fingerprint density at radius 1 is 1.07 bits per heavy atom. The number of hydrogen-bond donors (Lipinski definition) is 0. The van der Waals surface area contributed by atoms with Crippen LogP contribution in [-0.4, -0.2) is 24.6 Å². The van der Waals surface area contributed by atoms with Crippen LogP contribution < -0.4 is 0 Å². The van der Waals surface area contributed by atoms with Crippen LogP contribution in [0.25, 0.3) is 0 Å². The number of ether oxygens (including phenoxy) is 2. The van der Waals surface area contributed by atoms with E-state index in [4.69, 9.17) is 9.47 Å². The van der Waals surface area contributed by atoms with E-state index in [-0.39, 0.29) is 35.6 Å². The summed E-state index contributed by atoms with van der Waals surface area (Å²) in [5.74, 6) is 1.16. The first-order valence-corrected chi connectivity index (χ1v) is 11.1. The van der Waals surface area contributed by atoms with Crippen molar-refractivity contribution in [2.24, 2.45) is 34.0 Å². The van der Waals surface area contributed by atoms with Gasteiger partial charge in [-0.25, -0.2) is 0 Å². The van der Waals surface area contributed by atoms with Gasteiger partial charge in [0.15, 0.2) is 6.79 Å². The Kier molecular flexibility index (Phi) is 7.06. The van der Waals surface area contributed by atoms with Gasteiger partial charge in [0.25, 0.3) is 0 Å². The highest BCUT2D eigenvalue weighted by Crippen LogP contribution is 2.48. The molecule has 0 aliphatic heterocycles. The Bertz CT molecular complexity index is 568. The number of Topliss-reactive ketones (excluding diaryl/α,β-unsaturated/α-hetero) is 1. The lowest BCUT2D eigenvalue weighted by atomic mass is 9.61. The lowest BCUT2D eigenvalue weighted by Gasteiger charge is -2.45. The summed E-state index contributed by atoms with van der Waals surface area (Å²) < 4.78 is 11.7. The number of rotatable bonds is 6. The van der Waals surface area contributed by atoms with Gasteiger partial charge in [0.1, 0.15) is 5.78 Å². The van der Waals surface area contributed by atoms with E-state index in [0.717, 1.165) is 32.1 Å². The average Bonchev–Trinajstić information content (AvgIpc) is 2.55. The van der Waals surface area contributed by atoms with Crippen LogP contribution >= 0.6 is 0 Å². The molecule has 162 valence electrons. The van der Waals surface area contributed by atoms with Crippen LogP contribution in [0.3, 0.4) is 0 Å². The molecule has 2 rings (SSSR count). The molecule has 5 atom stereocenters. The lowest BCUT2D eigenvalue weighted by molar-refractivity contribution is -0.192. The SMILES string of the molecule is CCC1CC2CCC(=O)C(C1)C2OCOC(=O)C(C)(CC(C)(C)C)C(C)(C)C. The number of carbonyl (C=O) groups excluding carboxylic acids is 2. The standard InChI is InChI=1S/C24H42O4/c1-9-16-12-17-10-11-19(25)18(13-16)20(17)27-15-28-21(26)24(8,23(5,6)7)14-22(2,3)4/h16-18,20H,9-15H2,1-8H3. The first kappa shape index (κ1) is 23.4. The van der Waals surface area contributed by atoms with Crippen LogP contribution in [0.2, 0.25) is 0 Å². The summed E-state index contributed by atoms with van der Waals surface area (Å²) in [4.78, 5) is 25.5. The van der Waals surface area contributed by atoms with Gasteiger partial charge in [-0.15, -0.1) is 0 Å². The van der Waals surface area contributed by atoms with E-state index in [2.05, 4.69) is 48.5 Å². The van der Waals surface area contributed by atoms with Crippen molar-refractivity contribution < 1.29 is 19.1 Å². The predicted octanol–water partition coefficient (Wildman–Crippen LogP) is 5.78. The molecule has 2 aliphatic rings. The van der Waals surface area contributed by atoms with E-state index in [1.54, 1.807) is 0 Å². The maximum atomic E-state index is 13.1. The summed E-state index contributed by atoms with van der Waals surface area (Å²) in [5.41, 5.74) is -0.799. The van der Waals surface area contributed by atoms with Crippen LogP contribution in [0.15, 0.2) is 0 Å². The number of fused-ring (bicyclic) bond motifs is 2. The zero-order valence-corrected chi connectivity index (χ0v) is 19.4. The van der Waals surface area contributed by atoms with Gasteiger partial charge in [0, 0.05) is 12.3 Å². The minimum absolute atomic E-state index is 0.0141. The number of ketones is 1. The van der Waals surface area contributed by atoms with Gasteiger partial charge in [0.2, 0.25) is 0 Å². The van der Waals surface area contributed by atoms with Crippen molar-refractivity contribution in [3.63, 3.8) is 0 Å². The topological polar surface area (TPSA) is 52.6 Å². The molecule has 0 saturated heterocycles. The summed E-state index contributed by atoms with van der Waals surface area (Å²) in [6, 6.07) is 0. The van der Waals surface area contributed by atoms with E-state index in [0.29, 0.717) is 24.0 Å². The molecule has 2 saturated carbocycles. The molecule has 0 aromatic carbocycles. The molecule has 0 radical (unpaired) electrons. The highest BCUT2D eigenvalue weighted by Gasteiger charge is 2.48. The van der Waals surface area contributed by atoms with E-state index in [1.165, 1.54) is 0 Å². The first-order valence-electron chi connectivity index (χ1n) is 11.1. The fourth-order valence-corrected chi connectivity index (χ4v) is 5.21. The Hall–Kier alpha value is -0.900. The summed E-state index contributed by atoms with van der Waals surface area (Å²) in [6.45, 7) is 16.9. The second-order valence-corrected chi connectivity index (χ2v) is 11.6. The van der Waals surface area contributed by atoms with Gasteiger partial charge < -0.3 is 9.47 Å². The molecule has 4 nitrogen and oxygen atoms in total. The normalized spacial score (nSPS) is 30.6. The van der Waals surface area contributed by atoms with Crippen LogP contribution in [-0.2, 0) is 19.1 Å². The third-order valence-electron chi connectivity index (χ3n) is 7.28. The smallest absolute Gasteiger partial charge is 0.314 e. The molecule has 0 spiro atoms. The van der Waals surface area contributed by atoms with E-state index >= 15 is 0 Å². The highest BCUT2D eigenvalue weighted by molar-refractivity contribution is 5.82. The second kappa shape index (κ2) is 8.45. The molecule has 5 unspecified atom stereocenters. The summed E-state index contributed by atoms with van der Waals surface area (Å²) in [6.07, 6.45) is 5.43. The third-order valence-corrected chi connectivity index (χ3v) is 7.28. The number of hydrogen-bond acceptors (Lipinski definition) is 4. The monoisotopic (exact) mass is 394 g/mol. The molecular formula is C24H42O4. The fourth-order valence-electron chi connectivity index (χ4n) is 5.21. The summed E-state index contributed by atoms with van der Waals surface area (Å²) >= 11 is 0. The predicted molar refractivity (Wildman–Crippen MR) is 112 cm³/mol. The van der Waals surface area contributed by atoms with Gasteiger partial charge in [-0.2, -0.15) is 0 Å². The Morgan fingerprint density at radius 3 is 2.25 bits per heavy atom. The molecule has 0 N–H and O–H groups in total. The van der Waals surface area contributed by atoms with Crippen molar-refractivity contribution in [3.05, 3.63) is 0 Å². The summed E-state index contributed by atoms with van der Waals surface area (Å²) in [7, 11) is 0. The van der Waals surface area contributed by atoms with Crippen LogP contribution in [0.4, 0.5) is 0 Å². The molecule has 2 fully saturated rings. The van der Waals surface area contributed by atoms with Crippen molar-refractivity contribution in [2.45, 2.75) is 100 Å². The van der Waals surface area contributed by atoms with E-state index < -0.39 is 5.41 Å². The maximum absolute atomic E-state index is 13.1. The molecule has 0 amide bonds. The van der Waals surface area contributed by atoms with E-state index in [9.17, 15) is 9.59 Å². The van der Waals surface area contributed by atoms with Gasteiger partial charge in [-0.3, -0.25) is 9.59 Å². The Balaban J connectivity index is 2.01. The molecule has 2 aliphatic carbocycles. The molecule has 28 heavy (non-hydrogen) atoms. The third kappa shape index (κ3) is 5.17. The van der Waals surface area contributed by atoms with Gasteiger partial charge in [0.05, 0.1) is 11.5 Å². The molecule has 0 aromatic heterocycles. The molecule has 4 heteroatoms. The van der Waals surface area contributed by atoms with Crippen molar-refractivity contribution in [1.82, 2.24) is 0 Å². The second-order valence-electron chi connectivity index (χ2n) is 11.6. The fraction of sp³-hybridized carbons (Fsp3) is 0.917. The van der Waals surface area contributed by atoms with Crippen molar-refractivity contribution in [1.29, 1.82) is 0 Å². The number of carbonyl (C=O) groups is 2. The minimum Gasteiger partial charge on any atom is -0.438 e. The zero-order chi connectivity index (χ0) is 21.3. The van der Waals surface area contributed by atoms with E-state index in [1.807, 2.05) is 6.92 Å². The van der Waals surface area contributed by atoms with Crippen LogP contribution in [0.1, 0.15) is 93.9 Å². The number of esters is 1. The highest BCUT2D eigenvalue weighted by atomic mass is 16.7. The molecule has 0 heterocycles. The molecular weight excluding hydrogens is 352 g/mol. The lowest BCUT2D eigenvalue weighted by Crippen LogP contribution is -2.48. The minimum atomic E-state index is -0.597. The van der Waals surface area contributed by atoms with Gasteiger partial charge >= 0.3 is 5.97 Å². The van der Waals surface area contributed by atoms with Gasteiger partial charge in [-0.1, -0.05) is 54.9 Å². The Labute approximate surface area is 172 Å². The van der Waals surface area contributed by atoms with Crippen molar-refractivity contribution in [2.75, 3.05) is 6.79 Å². The largest absolute Gasteiger partial charge is 0.438 e. The zero-order valence-electron chi connectivity index (χ0n) is 19.4. The molecule has 2 bridgehead atoms. The quantitative estimate of drug-likeness (QED) is 0.423. The van der Waals surface area contributed by atoms with Crippen molar-refractivity contribution >= 4 is 11.8 Å². The summed E-state index contributed by atoms with van der Waals surface area (Å²) in [5, 5.41) is 0. The maximum Gasteiger partial charge on any atom is 0.314 e. The first-order chi connectivity index (χ1) is 12.8. The van der Waals surface area contributed by atoms with Gasteiger partial charge in [-0.05, 0) is 55.3 Å². The van der Waals surface area contributed by atoms with Crippen LogP contribution in [0.5, 0.6) is 0 Å².